The quantitative estimate of drug-likeness (QED) is 0.623. The lowest BCUT2D eigenvalue weighted by Gasteiger charge is -2.15. The van der Waals surface area contributed by atoms with Gasteiger partial charge in [0.25, 0.3) is 5.91 Å². The number of nitrogens with one attached hydrogen (secondary N) is 1. The van der Waals surface area contributed by atoms with Crippen LogP contribution in [0.1, 0.15) is 19.4 Å². The molecule has 0 spiro atoms. The van der Waals surface area contributed by atoms with E-state index in [0.717, 1.165) is 33.6 Å². The van der Waals surface area contributed by atoms with Crippen LogP contribution in [0.2, 0.25) is 0 Å². The molecule has 0 bridgehead atoms. The highest BCUT2D eigenvalue weighted by Crippen LogP contribution is 2.51. The van der Waals surface area contributed by atoms with Crippen molar-refractivity contribution >= 4 is 51.7 Å². The maximum Gasteiger partial charge on any atom is 0.269 e. The molecule has 9 heteroatoms. The first-order chi connectivity index (χ1) is 15.5. The van der Waals surface area contributed by atoms with E-state index in [1.54, 1.807) is 35.9 Å². The molecule has 1 N–H and O–H groups in total. The average molecular weight is 466 g/mol. The van der Waals surface area contributed by atoms with Crippen LogP contribution in [0.3, 0.4) is 0 Å². The van der Waals surface area contributed by atoms with Crippen molar-refractivity contribution < 1.29 is 9.53 Å². The number of anilines is 2. The number of fused-ring (bicyclic) bond motifs is 1. The monoisotopic (exact) mass is 465 g/mol. The molecule has 2 aromatic rings. The summed E-state index contributed by atoms with van der Waals surface area (Å²) in [4.78, 5) is 23.5. The first kappa shape index (κ1) is 22.1. The zero-order valence-corrected chi connectivity index (χ0v) is 19.9. The van der Waals surface area contributed by atoms with Gasteiger partial charge in [0, 0.05) is 31.1 Å². The Balaban J connectivity index is 1.74. The molecule has 2 aliphatic rings. The third-order valence-electron chi connectivity index (χ3n) is 5.12. The second kappa shape index (κ2) is 9.18. The third-order valence-corrected chi connectivity index (χ3v) is 7.56. The summed E-state index contributed by atoms with van der Waals surface area (Å²) in [6.07, 6.45) is 0. The van der Waals surface area contributed by atoms with Gasteiger partial charge in [-0.25, -0.2) is 4.99 Å². The molecule has 0 saturated carbocycles. The lowest BCUT2D eigenvalue weighted by Crippen LogP contribution is -2.29. The van der Waals surface area contributed by atoms with Crippen LogP contribution < -0.4 is 15.0 Å². The van der Waals surface area contributed by atoms with Crippen LogP contribution in [0, 0.1) is 11.3 Å². The fraction of sp³-hybridized carbons (Fsp3) is 0.261. The van der Waals surface area contributed by atoms with Gasteiger partial charge in [0.05, 0.1) is 40.8 Å². The van der Waals surface area contributed by atoms with Gasteiger partial charge in [0.1, 0.15) is 10.7 Å². The van der Waals surface area contributed by atoms with E-state index >= 15 is 0 Å². The number of aliphatic imine (C=N–C) groups is 1. The van der Waals surface area contributed by atoms with Gasteiger partial charge in [0.2, 0.25) is 0 Å². The maximum absolute atomic E-state index is 13.3. The number of methoxy groups -OCH3 is 1. The molecule has 0 aliphatic carbocycles. The summed E-state index contributed by atoms with van der Waals surface area (Å²) >= 11 is 2.94. The van der Waals surface area contributed by atoms with E-state index in [-0.39, 0.29) is 5.91 Å². The molecular weight excluding hydrogens is 442 g/mol. The van der Waals surface area contributed by atoms with Crippen molar-refractivity contribution in [1.82, 2.24) is 4.90 Å². The molecule has 164 valence electrons. The normalized spacial score (nSPS) is 18.8. The third kappa shape index (κ3) is 3.92. The first-order valence-electron chi connectivity index (χ1n) is 10.2. The van der Waals surface area contributed by atoms with Gasteiger partial charge in [-0.05, 0) is 55.9 Å². The lowest BCUT2D eigenvalue weighted by molar-refractivity contribution is -0.122. The molecule has 0 aromatic heterocycles. The van der Waals surface area contributed by atoms with Crippen LogP contribution in [0.5, 0.6) is 5.75 Å². The topological polar surface area (TPSA) is 81.0 Å². The molecular formula is C23H23N5O2S2. The Kier molecular flexibility index (Phi) is 6.35. The molecule has 0 unspecified atom stereocenters. The van der Waals surface area contributed by atoms with Gasteiger partial charge in [-0.15, -0.1) is 0 Å². The summed E-state index contributed by atoms with van der Waals surface area (Å²) in [5, 5.41) is 14.1. The van der Waals surface area contributed by atoms with Crippen molar-refractivity contribution in [3.63, 3.8) is 0 Å². The number of likely N-dealkylation sites (N-methyl/N-ethyl adjacent to an activating group) is 1. The number of nitrogens with zero attached hydrogens (tertiary/aromatic N) is 4. The lowest BCUT2D eigenvalue weighted by atomic mass is 10.2. The number of carbonyl (C=O) groups excluding carboxylic acids is 1. The molecule has 1 saturated heterocycles. The second-order valence-electron chi connectivity index (χ2n) is 7.05. The van der Waals surface area contributed by atoms with Crippen molar-refractivity contribution in [3.8, 4) is 11.8 Å². The maximum atomic E-state index is 13.3. The average Bonchev–Trinajstić information content (AvgIpc) is 3.30. The van der Waals surface area contributed by atoms with E-state index in [1.165, 1.54) is 11.8 Å². The number of hydrogen-bond donors (Lipinski definition) is 1. The molecule has 2 aliphatic heterocycles. The number of amides is 1. The van der Waals surface area contributed by atoms with Crippen LogP contribution in [-0.2, 0) is 4.79 Å². The molecule has 0 radical (unpaired) electrons. The Bertz CT molecular complexity index is 1190. The van der Waals surface area contributed by atoms with Gasteiger partial charge in [-0.2, -0.15) is 5.26 Å². The smallest absolute Gasteiger partial charge is 0.269 e. The van der Waals surface area contributed by atoms with Crippen LogP contribution in [0.15, 0.2) is 56.2 Å². The Morgan fingerprint density at radius 2 is 2.00 bits per heavy atom. The zero-order chi connectivity index (χ0) is 22.8. The van der Waals surface area contributed by atoms with Gasteiger partial charge < -0.3 is 15.0 Å². The zero-order valence-electron chi connectivity index (χ0n) is 18.3. The minimum Gasteiger partial charge on any atom is -0.497 e. The summed E-state index contributed by atoms with van der Waals surface area (Å²) in [6, 6.07) is 13.4. The molecule has 4 rings (SSSR count). The van der Waals surface area contributed by atoms with E-state index < -0.39 is 0 Å². The Labute approximate surface area is 196 Å². The van der Waals surface area contributed by atoms with Crippen molar-refractivity contribution in [3.05, 3.63) is 51.9 Å². The van der Waals surface area contributed by atoms with Crippen LogP contribution in [0.4, 0.5) is 17.1 Å². The van der Waals surface area contributed by atoms with Crippen LogP contribution in [-0.4, -0.2) is 43.2 Å². The van der Waals surface area contributed by atoms with Gasteiger partial charge >= 0.3 is 0 Å². The number of amidine groups is 1. The highest BCUT2D eigenvalue weighted by atomic mass is 32.2. The number of hydrogen-bond acceptors (Lipinski definition) is 8. The Hall–Kier alpha value is -3.09. The molecule has 2 heterocycles. The number of ether oxygens (including phenoxy) is 1. The van der Waals surface area contributed by atoms with E-state index in [4.69, 9.17) is 9.73 Å². The van der Waals surface area contributed by atoms with Gasteiger partial charge in [-0.1, -0.05) is 11.8 Å². The Morgan fingerprint density at radius 1 is 1.19 bits per heavy atom. The minimum absolute atomic E-state index is 0.0631. The number of carbonyl (C=O) groups is 1. The molecule has 7 nitrogen and oxygen atoms in total. The van der Waals surface area contributed by atoms with E-state index in [1.807, 2.05) is 50.1 Å². The molecule has 1 amide bonds. The fourth-order valence-corrected chi connectivity index (χ4v) is 5.87. The minimum atomic E-state index is -0.0631. The standard InChI is InChI=1S/C23H23N5O2S2/c1-5-25-16-9-7-14(13-24)11-17(16)26-23-28(6-2)21(29)20(32-23)22-27(3)18-12-15(30-4)8-10-19(18)31-22/h7-12,25H,5-6H2,1-4H3. The number of benzene rings is 2. The summed E-state index contributed by atoms with van der Waals surface area (Å²) < 4.78 is 5.36. The summed E-state index contributed by atoms with van der Waals surface area (Å²) in [5.41, 5.74) is 3.01. The van der Waals surface area contributed by atoms with Crippen molar-refractivity contribution in [2.45, 2.75) is 18.7 Å². The fourth-order valence-electron chi connectivity index (χ4n) is 3.49. The highest BCUT2D eigenvalue weighted by Gasteiger charge is 2.38. The predicted molar refractivity (Wildman–Crippen MR) is 132 cm³/mol. The summed E-state index contributed by atoms with van der Waals surface area (Å²) in [6.45, 7) is 5.17. The van der Waals surface area contributed by atoms with Crippen molar-refractivity contribution in [2.75, 3.05) is 37.5 Å². The van der Waals surface area contributed by atoms with E-state index in [0.29, 0.717) is 27.9 Å². The van der Waals surface area contributed by atoms with Crippen LogP contribution >= 0.6 is 23.5 Å². The SMILES string of the molecule is CCNc1ccc(C#N)cc1N=C1SC(=C2Sc3ccc(OC)cc3N2C)C(=O)N1CC. The Morgan fingerprint density at radius 3 is 2.69 bits per heavy atom. The van der Waals surface area contributed by atoms with Gasteiger partial charge in [0.15, 0.2) is 5.17 Å². The molecule has 1 fully saturated rings. The number of rotatable bonds is 5. The number of thioether (sulfide) groups is 2. The second-order valence-corrected chi connectivity index (χ2v) is 9.06. The predicted octanol–water partition coefficient (Wildman–Crippen LogP) is 4.99. The van der Waals surface area contributed by atoms with Crippen molar-refractivity contribution in [1.29, 1.82) is 5.26 Å². The molecule has 2 aromatic carbocycles. The van der Waals surface area contributed by atoms with Crippen molar-refractivity contribution in [2.24, 2.45) is 4.99 Å². The van der Waals surface area contributed by atoms with E-state index in [9.17, 15) is 10.1 Å². The molecule has 0 atom stereocenters. The van der Waals surface area contributed by atoms with E-state index in [2.05, 4.69) is 11.4 Å². The largest absolute Gasteiger partial charge is 0.497 e. The van der Waals surface area contributed by atoms with Gasteiger partial charge in [-0.3, -0.25) is 9.69 Å². The van der Waals surface area contributed by atoms with Crippen LogP contribution in [0.25, 0.3) is 0 Å². The highest BCUT2D eigenvalue weighted by molar-refractivity contribution is 8.19. The summed E-state index contributed by atoms with van der Waals surface area (Å²) in [7, 11) is 3.60. The first-order valence-corrected chi connectivity index (χ1v) is 11.8. The summed E-state index contributed by atoms with van der Waals surface area (Å²) in [5.74, 6) is 0.713. The molecule has 32 heavy (non-hydrogen) atoms. The number of nitriles is 1.